The molecule has 0 aliphatic heterocycles. The molecule has 0 saturated heterocycles. The van der Waals surface area contributed by atoms with Crippen LogP contribution < -0.4 is 5.73 Å². The molecule has 0 fully saturated rings. The lowest BCUT2D eigenvalue weighted by Crippen LogP contribution is -2.16. The monoisotopic (exact) mass is 169 g/mol. The van der Waals surface area contributed by atoms with E-state index in [0.29, 0.717) is 11.3 Å². The molecule has 68 valence electrons. The average molecular weight is 169 g/mol. The lowest BCUT2D eigenvalue weighted by Gasteiger charge is -2.06. The maximum absolute atomic E-state index is 10.8. The summed E-state index contributed by atoms with van der Waals surface area (Å²) in [7, 11) is 1.52. The number of nitrogens with two attached hydrogens (primary N) is 1. The van der Waals surface area contributed by atoms with Crippen molar-refractivity contribution in [2.45, 2.75) is 20.3 Å². The smallest absolute Gasteiger partial charge is 0.252 e. The molecule has 0 atom stereocenters. The number of primary amides is 1. The predicted octanol–water partition coefficient (Wildman–Crippen LogP) is 1.36. The van der Waals surface area contributed by atoms with Crippen molar-refractivity contribution >= 4 is 5.91 Å². The highest BCUT2D eigenvalue weighted by Crippen LogP contribution is 2.10. The first-order valence-electron chi connectivity index (χ1n) is 3.88. The van der Waals surface area contributed by atoms with E-state index in [1.807, 2.05) is 13.0 Å². The van der Waals surface area contributed by atoms with Crippen LogP contribution in [-0.4, -0.2) is 13.0 Å². The predicted molar refractivity (Wildman–Crippen MR) is 48.3 cm³/mol. The molecule has 0 aliphatic carbocycles. The third kappa shape index (κ3) is 2.78. The number of carbonyl (C=O) groups is 1. The van der Waals surface area contributed by atoms with Crippen LogP contribution in [0, 0.1) is 0 Å². The lowest BCUT2D eigenvalue weighted by atomic mass is 10.2. The largest absolute Gasteiger partial charge is 0.496 e. The molecule has 3 nitrogen and oxygen atoms in total. The van der Waals surface area contributed by atoms with E-state index in [-0.39, 0.29) is 0 Å². The molecule has 0 spiro atoms. The summed E-state index contributed by atoms with van der Waals surface area (Å²) < 4.78 is 5.00. The summed E-state index contributed by atoms with van der Waals surface area (Å²) >= 11 is 0. The van der Waals surface area contributed by atoms with Crippen LogP contribution in [-0.2, 0) is 9.53 Å². The molecule has 2 N–H and O–H groups in total. The van der Waals surface area contributed by atoms with Gasteiger partial charge in [0.25, 0.3) is 5.91 Å². The highest BCUT2D eigenvalue weighted by molar-refractivity contribution is 5.95. The second-order valence-corrected chi connectivity index (χ2v) is 2.25. The Morgan fingerprint density at radius 2 is 2.17 bits per heavy atom. The third-order valence-corrected chi connectivity index (χ3v) is 1.43. The molecule has 0 saturated carbocycles. The van der Waals surface area contributed by atoms with Gasteiger partial charge >= 0.3 is 0 Å². The summed E-state index contributed by atoms with van der Waals surface area (Å²) in [6.45, 7) is 3.72. The standard InChI is InChI=1S/C9H15NO2/c1-4-6-8(12-3)7(5-2)9(10)11/h5-6H,4H2,1-3H3,(H2,10,11). The van der Waals surface area contributed by atoms with E-state index in [4.69, 9.17) is 10.5 Å². The van der Waals surface area contributed by atoms with Gasteiger partial charge in [-0.25, -0.2) is 0 Å². The number of ether oxygens (including phenoxy) is 1. The van der Waals surface area contributed by atoms with Crippen molar-refractivity contribution in [1.29, 1.82) is 0 Å². The van der Waals surface area contributed by atoms with Crippen molar-refractivity contribution in [3.8, 4) is 0 Å². The Morgan fingerprint density at radius 3 is 2.42 bits per heavy atom. The molecular formula is C9H15NO2. The molecule has 0 aromatic heterocycles. The number of hydrogen-bond donors (Lipinski definition) is 1. The van der Waals surface area contributed by atoms with E-state index in [0.717, 1.165) is 6.42 Å². The third-order valence-electron chi connectivity index (χ3n) is 1.43. The Balaban J connectivity index is 4.70. The fourth-order valence-corrected chi connectivity index (χ4v) is 0.895. The van der Waals surface area contributed by atoms with Gasteiger partial charge in [0.15, 0.2) is 0 Å². The van der Waals surface area contributed by atoms with Crippen molar-refractivity contribution < 1.29 is 9.53 Å². The molecule has 12 heavy (non-hydrogen) atoms. The van der Waals surface area contributed by atoms with Crippen molar-refractivity contribution in [2.75, 3.05) is 7.11 Å². The zero-order valence-electron chi connectivity index (χ0n) is 7.76. The SMILES string of the molecule is CC=C(C(N)=O)C(=CCC)OC. The number of rotatable bonds is 4. The van der Waals surface area contributed by atoms with Crippen LogP contribution in [0.25, 0.3) is 0 Å². The van der Waals surface area contributed by atoms with E-state index in [1.54, 1.807) is 13.0 Å². The molecule has 0 aromatic carbocycles. The summed E-state index contributed by atoms with van der Waals surface area (Å²) in [5, 5.41) is 0. The van der Waals surface area contributed by atoms with Gasteiger partial charge in [-0.1, -0.05) is 13.0 Å². The first-order valence-corrected chi connectivity index (χ1v) is 3.88. The van der Waals surface area contributed by atoms with Gasteiger partial charge in [0.2, 0.25) is 0 Å². The Kier molecular flexibility index (Phi) is 4.84. The minimum atomic E-state index is -0.459. The van der Waals surface area contributed by atoms with Gasteiger partial charge in [-0.3, -0.25) is 4.79 Å². The molecule has 0 aliphatic rings. The quantitative estimate of drug-likeness (QED) is 0.392. The topological polar surface area (TPSA) is 52.3 Å². The van der Waals surface area contributed by atoms with E-state index < -0.39 is 5.91 Å². The first kappa shape index (κ1) is 10.8. The summed E-state index contributed by atoms with van der Waals surface area (Å²) in [5.74, 6) is 0.0894. The molecule has 3 heteroatoms. The molecule has 1 amide bonds. The van der Waals surface area contributed by atoms with Gasteiger partial charge in [-0.05, 0) is 19.4 Å². The van der Waals surface area contributed by atoms with Crippen molar-refractivity contribution in [1.82, 2.24) is 0 Å². The van der Waals surface area contributed by atoms with Crippen molar-refractivity contribution in [2.24, 2.45) is 5.73 Å². The number of carbonyl (C=O) groups excluding carboxylic acids is 1. The zero-order valence-corrected chi connectivity index (χ0v) is 7.76. The second kappa shape index (κ2) is 5.41. The van der Waals surface area contributed by atoms with E-state index in [2.05, 4.69) is 0 Å². The van der Waals surface area contributed by atoms with Crippen LogP contribution in [0.2, 0.25) is 0 Å². The van der Waals surface area contributed by atoms with E-state index in [1.165, 1.54) is 7.11 Å². The number of methoxy groups -OCH3 is 1. The van der Waals surface area contributed by atoms with E-state index in [9.17, 15) is 4.79 Å². The number of amides is 1. The molecule has 0 rings (SSSR count). The lowest BCUT2D eigenvalue weighted by molar-refractivity contribution is -0.114. The fourth-order valence-electron chi connectivity index (χ4n) is 0.895. The molecule has 0 aromatic rings. The maximum Gasteiger partial charge on any atom is 0.252 e. The van der Waals surface area contributed by atoms with E-state index >= 15 is 0 Å². The van der Waals surface area contributed by atoms with Crippen molar-refractivity contribution in [3.05, 3.63) is 23.5 Å². The summed E-state index contributed by atoms with van der Waals surface area (Å²) in [6, 6.07) is 0. The Labute approximate surface area is 72.9 Å². The van der Waals surface area contributed by atoms with Crippen molar-refractivity contribution in [3.63, 3.8) is 0 Å². The number of hydrogen-bond acceptors (Lipinski definition) is 2. The van der Waals surface area contributed by atoms with Crippen LogP contribution in [0.1, 0.15) is 20.3 Å². The average Bonchev–Trinajstić information content (AvgIpc) is 2.03. The normalized spacial score (nSPS) is 12.9. The van der Waals surface area contributed by atoms with Crippen LogP contribution >= 0.6 is 0 Å². The molecule has 0 heterocycles. The minimum absolute atomic E-state index is 0.430. The summed E-state index contributed by atoms with van der Waals surface area (Å²) in [4.78, 5) is 10.8. The first-order chi connectivity index (χ1) is 5.67. The van der Waals surface area contributed by atoms with Gasteiger partial charge < -0.3 is 10.5 Å². The summed E-state index contributed by atoms with van der Waals surface area (Å²) in [5.41, 5.74) is 5.56. The maximum atomic E-state index is 10.8. The van der Waals surface area contributed by atoms with Crippen LogP contribution in [0.5, 0.6) is 0 Å². The van der Waals surface area contributed by atoms with Gasteiger partial charge in [-0.15, -0.1) is 0 Å². The Bertz CT molecular complexity index is 217. The summed E-state index contributed by atoms with van der Waals surface area (Å²) in [6.07, 6.45) is 4.28. The molecule has 0 bridgehead atoms. The highest BCUT2D eigenvalue weighted by Gasteiger charge is 2.08. The number of allylic oxidation sites excluding steroid dienone is 2. The Morgan fingerprint density at radius 1 is 1.58 bits per heavy atom. The fraction of sp³-hybridized carbons (Fsp3) is 0.444. The molecule has 0 radical (unpaired) electrons. The highest BCUT2D eigenvalue weighted by atomic mass is 16.5. The van der Waals surface area contributed by atoms with Crippen LogP contribution in [0.4, 0.5) is 0 Å². The second-order valence-electron chi connectivity index (χ2n) is 2.25. The zero-order chi connectivity index (χ0) is 9.56. The van der Waals surface area contributed by atoms with Gasteiger partial charge in [-0.2, -0.15) is 0 Å². The minimum Gasteiger partial charge on any atom is -0.496 e. The molecule has 0 unspecified atom stereocenters. The molecular weight excluding hydrogens is 154 g/mol. The van der Waals surface area contributed by atoms with Gasteiger partial charge in [0.1, 0.15) is 5.76 Å². The Hall–Kier alpha value is -1.25. The van der Waals surface area contributed by atoms with Crippen LogP contribution in [0.15, 0.2) is 23.5 Å². The van der Waals surface area contributed by atoms with Crippen LogP contribution in [0.3, 0.4) is 0 Å². The van der Waals surface area contributed by atoms with Gasteiger partial charge in [0, 0.05) is 0 Å². The van der Waals surface area contributed by atoms with Gasteiger partial charge in [0.05, 0.1) is 12.7 Å².